The number of hydrogen-bond acceptors (Lipinski definition) is 4. The number of halogens is 1. The highest BCUT2D eigenvalue weighted by Gasteiger charge is 2.21. The van der Waals surface area contributed by atoms with Gasteiger partial charge in [0.15, 0.2) is 0 Å². The quantitative estimate of drug-likeness (QED) is 0.837. The molecule has 0 radical (unpaired) electrons. The Morgan fingerprint density at radius 3 is 2.75 bits per heavy atom. The lowest BCUT2D eigenvalue weighted by atomic mass is 10.3. The molecule has 0 unspecified atom stereocenters. The first-order valence-corrected chi connectivity index (χ1v) is 8.45. The number of piperazine rings is 1. The minimum absolute atomic E-state index is 0.00402. The van der Waals surface area contributed by atoms with Gasteiger partial charge in [0.1, 0.15) is 5.82 Å². The molecule has 2 aromatic heterocycles. The van der Waals surface area contributed by atoms with Crippen LogP contribution in [0, 0.1) is 0 Å². The van der Waals surface area contributed by atoms with Crippen LogP contribution in [0.3, 0.4) is 0 Å². The molecule has 3 rings (SSSR count). The van der Waals surface area contributed by atoms with Crippen LogP contribution in [0.5, 0.6) is 0 Å². The second kappa shape index (κ2) is 8.01. The SMILES string of the molecule is O=C(NCCCn1ccnc1)N1CCN(c2ccc(Cl)cn2)CC1. The zero-order chi connectivity index (χ0) is 16.8. The summed E-state index contributed by atoms with van der Waals surface area (Å²) in [5.41, 5.74) is 0. The number of nitrogens with zero attached hydrogens (tertiary/aromatic N) is 5. The van der Waals surface area contributed by atoms with Gasteiger partial charge in [0, 0.05) is 57.9 Å². The molecule has 0 bridgehead atoms. The van der Waals surface area contributed by atoms with Gasteiger partial charge >= 0.3 is 6.03 Å². The maximum absolute atomic E-state index is 12.2. The van der Waals surface area contributed by atoms with E-state index < -0.39 is 0 Å². The maximum atomic E-state index is 12.2. The summed E-state index contributed by atoms with van der Waals surface area (Å²) in [6.07, 6.45) is 8.00. The average molecular weight is 349 g/mol. The number of aromatic nitrogens is 3. The molecule has 0 saturated carbocycles. The van der Waals surface area contributed by atoms with Crippen LogP contribution in [0.1, 0.15) is 6.42 Å². The van der Waals surface area contributed by atoms with Crippen LogP contribution in [0.25, 0.3) is 0 Å². The van der Waals surface area contributed by atoms with E-state index in [2.05, 4.69) is 20.2 Å². The van der Waals surface area contributed by atoms with Gasteiger partial charge in [0.05, 0.1) is 11.3 Å². The molecule has 3 heterocycles. The number of carbonyl (C=O) groups is 1. The molecule has 1 aliphatic heterocycles. The lowest BCUT2D eigenvalue weighted by Crippen LogP contribution is -2.52. The van der Waals surface area contributed by atoms with Crippen LogP contribution in [-0.4, -0.2) is 58.2 Å². The van der Waals surface area contributed by atoms with Gasteiger partial charge < -0.3 is 19.7 Å². The summed E-state index contributed by atoms with van der Waals surface area (Å²) in [5.74, 6) is 0.903. The molecule has 1 saturated heterocycles. The van der Waals surface area contributed by atoms with E-state index in [0.29, 0.717) is 24.7 Å². The van der Waals surface area contributed by atoms with E-state index in [1.54, 1.807) is 18.7 Å². The molecule has 7 nitrogen and oxygen atoms in total. The Kier molecular flexibility index (Phi) is 5.53. The van der Waals surface area contributed by atoms with Gasteiger partial charge in [-0.25, -0.2) is 14.8 Å². The molecule has 24 heavy (non-hydrogen) atoms. The number of amides is 2. The summed E-state index contributed by atoms with van der Waals surface area (Å²) < 4.78 is 2.00. The number of hydrogen-bond donors (Lipinski definition) is 1. The van der Waals surface area contributed by atoms with E-state index in [1.165, 1.54) is 0 Å². The first-order valence-electron chi connectivity index (χ1n) is 8.07. The number of pyridine rings is 1. The van der Waals surface area contributed by atoms with Crippen molar-refractivity contribution < 1.29 is 4.79 Å². The first-order chi connectivity index (χ1) is 11.7. The smallest absolute Gasteiger partial charge is 0.317 e. The summed E-state index contributed by atoms with van der Waals surface area (Å²) in [4.78, 5) is 24.5. The summed E-state index contributed by atoms with van der Waals surface area (Å²) >= 11 is 5.86. The number of aryl methyl sites for hydroxylation is 1. The lowest BCUT2D eigenvalue weighted by molar-refractivity contribution is 0.194. The standard InChI is InChI=1S/C16H21ClN6O/c17-14-2-3-15(20-12-14)22-8-10-23(11-9-22)16(24)19-4-1-6-21-7-5-18-13-21/h2-3,5,7,12-13H,1,4,6,8-11H2,(H,19,24). The number of rotatable bonds is 5. The van der Waals surface area contributed by atoms with Crippen molar-refractivity contribution in [3.05, 3.63) is 42.1 Å². The van der Waals surface area contributed by atoms with Gasteiger partial charge in [-0.15, -0.1) is 0 Å². The van der Waals surface area contributed by atoms with Crippen LogP contribution in [0.2, 0.25) is 5.02 Å². The second-order valence-electron chi connectivity index (χ2n) is 5.69. The fourth-order valence-corrected chi connectivity index (χ4v) is 2.79. The van der Waals surface area contributed by atoms with Crippen molar-refractivity contribution in [2.45, 2.75) is 13.0 Å². The molecule has 8 heteroatoms. The molecule has 0 atom stereocenters. The van der Waals surface area contributed by atoms with Crippen molar-refractivity contribution in [2.75, 3.05) is 37.6 Å². The van der Waals surface area contributed by atoms with E-state index in [0.717, 1.165) is 31.9 Å². The maximum Gasteiger partial charge on any atom is 0.317 e. The van der Waals surface area contributed by atoms with Gasteiger partial charge in [-0.1, -0.05) is 11.6 Å². The summed E-state index contributed by atoms with van der Waals surface area (Å²) in [5, 5.41) is 3.61. The number of urea groups is 1. The van der Waals surface area contributed by atoms with E-state index in [9.17, 15) is 4.79 Å². The highest BCUT2D eigenvalue weighted by atomic mass is 35.5. The predicted molar refractivity (Wildman–Crippen MR) is 93.3 cm³/mol. The molecule has 0 aromatic carbocycles. The minimum Gasteiger partial charge on any atom is -0.353 e. The summed E-state index contributed by atoms with van der Waals surface area (Å²) in [7, 11) is 0. The molecular formula is C16H21ClN6O. The largest absolute Gasteiger partial charge is 0.353 e. The lowest BCUT2D eigenvalue weighted by Gasteiger charge is -2.35. The second-order valence-corrected chi connectivity index (χ2v) is 6.13. The van der Waals surface area contributed by atoms with Crippen LogP contribution in [0.15, 0.2) is 37.1 Å². The molecule has 2 amide bonds. The van der Waals surface area contributed by atoms with Crippen LogP contribution in [-0.2, 0) is 6.54 Å². The highest BCUT2D eigenvalue weighted by molar-refractivity contribution is 6.30. The normalized spacial score (nSPS) is 14.7. The number of anilines is 1. The van der Waals surface area contributed by atoms with Gasteiger partial charge in [-0.2, -0.15) is 0 Å². The molecule has 0 spiro atoms. The van der Waals surface area contributed by atoms with Crippen molar-refractivity contribution in [3.8, 4) is 0 Å². The van der Waals surface area contributed by atoms with Crippen molar-refractivity contribution >= 4 is 23.4 Å². The predicted octanol–water partition coefficient (Wildman–Crippen LogP) is 1.85. The first kappa shape index (κ1) is 16.6. The van der Waals surface area contributed by atoms with Crippen molar-refractivity contribution in [1.29, 1.82) is 0 Å². The van der Waals surface area contributed by atoms with Crippen molar-refractivity contribution in [2.24, 2.45) is 0 Å². The third-order valence-corrected chi connectivity index (χ3v) is 4.25. The fraction of sp³-hybridized carbons (Fsp3) is 0.438. The highest BCUT2D eigenvalue weighted by Crippen LogP contribution is 2.16. The molecule has 0 aliphatic carbocycles. The van der Waals surface area contributed by atoms with Crippen molar-refractivity contribution in [1.82, 2.24) is 24.8 Å². The van der Waals surface area contributed by atoms with Gasteiger partial charge in [0.25, 0.3) is 0 Å². The van der Waals surface area contributed by atoms with E-state index in [4.69, 9.17) is 11.6 Å². The average Bonchev–Trinajstić information content (AvgIpc) is 3.13. The van der Waals surface area contributed by atoms with Gasteiger partial charge in [-0.3, -0.25) is 0 Å². The monoisotopic (exact) mass is 348 g/mol. The summed E-state index contributed by atoms with van der Waals surface area (Å²) in [6, 6.07) is 3.75. The zero-order valence-corrected chi connectivity index (χ0v) is 14.2. The Morgan fingerprint density at radius 1 is 1.25 bits per heavy atom. The third-order valence-electron chi connectivity index (χ3n) is 4.03. The minimum atomic E-state index is 0.00402. The van der Waals surface area contributed by atoms with E-state index >= 15 is 0 Å². The molecule has 1 aliphatic rings. The number of nitrogens with one attached hydrogen (secondary N) is 1. The number of carbonyl (C=O) groups excluding carboxylic acids is 1. The fourth-order valence-electron chi connectivity index (χ4n) is 2.68. The van der Waals surface area contributed by atoms with Gasteiger partial charge in [0.2, 0.25) is 0 Å². The molecule has 2 aromatic rings. The van der Waals surface area contributed by atoms with Crippen LogP contribution in [0.4, 0.5) is 10.6 Å². The number of imidazole rings is 1. The molecule has 1 fully saturated rings. The summed E-state index contributed by atoms with van der Waals surface area (Å²) in [6.45, 7) is 4.45. The Balaban J connectivity index is 1.37. The van der Waals surface area contributed by atoms with E-state index in [-0.39, 0.29) is 6.03 Å². The van der Waals surface area contributed by atoms with E-state index in [1.807, 2.05) is 27.8 Å². The Morgan fingerprint density at radius 2 is 2.08 bits per heavy atom. The molecule has 1 N–H and O–H groups in total. The molecule has 128 valence electrons. The van der Waals surface area contributed by atoms with Crippen molar-refractivity contribution in [3.63, 3.8) is 0 Å². The Bertz CT molecular complexity index is 637. The van der Waals surface area contributed by atoms with Crippen LogP contribution < -0.4 is 10.2 Å². The Hall–Kier alpha value is -2.28. The zero-order valence-electron chi connectivity index (χ0n) is 13.4. The topological polar surface area (TPSA) is 66.3 Å². The third kappa shape index (κ3) is 4.38. The van der Waals surface area contributed by atoms with Gasteiger partial charge in [-0.05, 0) is 18.6 Å². The van der Waals surface area contributed by atoms with Crippen LogP contribution >= 0.6 is 11.6 Å². The molecular weight excluding hydrogens is 328 g/mol. The Labute approximate surface area is 146 Å².